The molecule has 0 saturated carbocycles. The fourth-order valence-corrected chi connectivity index (χ4v) is 3.23. The van der Waals surface area contributed by atoms with Crippen molar-refractivity contribution in [2.75, 3.05) is 0 Å². The SMILES string of the molecule is CC(C)(C)OC(=O)N[C@H]1CC(=O)CC[C@H]2CC[C@@H](C(=O)O)N2C1=O. The van der Waals surface area contributed by atoms with Crippen molar-refractivity contribution in [2.45, 2.75) is 76.6 Å². The van der Waals surface area contributed by atoms with Gasteiger partial charge in [0.2, 0.25) is 5.91 Å². The van der Waals surface area contributed by atoms with E-state index in [9.17, 15) is 24.3 Å². The molecule has 8 heteroatoms. The first kappa shape index (κ1) is 18.2. The summed E-state index contributed by atoms with van der Waals surface area (Å²) >= 11 is 0. The Kier molecular flexibility index (Phi) is 5.15. The minimum absolute atomic E-state index is 0.122. The van der Waals surface area contributed by atoms with Crippen LogP contribution in [0.3, 0.4) is 0 Å². The van der Waals surface area contributed by atoms with Crippen LogP contribution in [-0.4, -0.2) is 57.5 Å². The van der Waals surface area contributed by atoms with Gasteiger partial charge in [-0.15, -0.1) is 0 Å². The molecule has 0 aliphatic carbocycles. The number of Topliss-reactive ketones (excluding diaryl/α,β-unsaturated/α-hetero) is 1. The molecule has 2 rings (SSSR count). The number of hydrogen-bond acceptors (Lipinski definition) is 5. The molecule has 3 atom stereocenters. The molecular weight excluding hydrogens is 316 g/mol. The number of carboxylic acids is 1. The maximum atomic E-state index is 12.8. The standard InChI is InChI=1S/C16H24N2O6/c1-16(2,3)24-15(23)17-11-8-10(19)6-4-9-5-7-12(14(21)22)18(9)13(11)20/h9,11-12H,4-8H2,1-3H3,(H,17,23)(H,21,22)/t9-,11-,12-/m0/s1. The summed E-state index contributed by atoms with van der Waals surface area (Å²) in [5.74, 6) is -1.71. The van der Waals surface area contributed by atoms with Gasteiger partial charge in [-0.25, -0.2) is 9.59 Å². The topological polar surface area (TPSA) is 113 Å². The number of aliphatic carboxylic acids is 1. The van der Waals surface area contributed by atoms with Crippen molar-refractivity contribution in [1.82, 2.24) is 10.2 Å². The van der Waals surface area contributed by atoms with Gasteiger partial charge in [0.05, 0.1) is 0 Å². The predicted molar refractivity (Wildman–Crippen MR) is 83.3 cm³/mol. The average molecular weight is 340 g/mol. The highest BCUT2D eigenvalue weighted by atomic mass is 16.6. The molecule has 0 aromatic carbocycles. The summed E-state index contributed by atoms with van der Waals surface area (Å²) in [5, 5.41) is 11.8. The minimum Gasteiger partial charge on any atom is -0.480 e. The molecule has 2 saturated heterocycles. The van der Waals surface area contributed by atoms with E-state index < -0.39 is 35.7 Å². The van der Waals surface area contributed by atoms with Gasteiger partial charge in [0, 0.05) is 18.9 Å². The van der Waals surface area contributed by atoms with Gasteiger partial charge in [0.1, 0.15) is 23.5 Å². The number of hydrogen-bond donors (Lipinski definition) is 2. The zero-order valence-electron chi connectivity index (χ0n) is 14.2. The lowest BCUT2D eigenvalue weighted by atomic mass is 9.98. The molecule has 8 nitrogen and oxygen atoms in total. The number of nitrogens with zero attached hydrogens (tertiary/aromatic N) is 1. The molecule has 0 aromatic rings. The van der Waals surface area contributed by atoms with Gasteiger partial charge in [-0.2, -0.15) is 0 Å². The van der Waals surface area contributed by atoms with Crippen LogP contribution in [0.1, 0.15) is 52.9 Å². The second-order valence-corrected chi connectivity index (χ2v) is 7.31. The van der Waals surface area contributed by atoms with E-state index in [1.54, 1.807) is 20.8 Å². The van der Waals surface area contributed by atoms with Gasteiger partial charge in [-0.3, -0.25) is 9.59 Å². The molecule has 0 aromatic heterocycles. The summed E-state index contributed by atoms with van der Waals surface area (Å²) in [6.45, 7) is 5.07. The first-order valence-corrected chi connectivity index (χ1v) is 8.14. The Morgan fingerprint density at radius 3 is 2.46 bits per heavy atom. The van der Waals surface area contributed by atoms with Crippen molar-refractivity contribution in [3.8, 4) is 0 Å². The number of carbonyl (C=O) groups excluding carboxylic acids is 3. The van der Waals surface area contributed by atoms with Gasteiger partial charge in [-0.05, 0) is 40.0 Å². The van der Waals surface area contributed by atoms with Gasteiger partial charge in [0.25, 0.3) is 0 Å². The number of alkyl carbamates (subject to hydrolysis) is 1. The van der Waals surface area contributed by atoms with Crippen molar-refractivity contribution in [3.05, 3.63) is 0 Å². The zero-order chi connectivity index (χ0) is 18.1. The van der Waals surface area contributed by atoms with E-state index in [0.29, 0.717) is 19.3 Å². The van der Waals surface area contributed by atoms with Gasteiger partial charge in [0.15, 0.2) is 0 Å². The first-order valence-electron chi connectivity index (χ1n) is 8.14. The molecule has 134 valence electrons. The summed E-state index contributed by atoms with van der Waals surface area (Å²) in [6.07, 6.45) is 0.708. The third-order valence-corrected chi connectivity index (χ3v) is 4.22. The molecule has 2 aliphatic rings. The summed E-state index contributed by atoms with van der Waals surface area (Å²) < 4.78 is 5.13. The van der Waals surface area contributed by atoms with Crippen LogP contribution in [0.5, 0.6) is 0 Å². The van der Waals surface area contributed by atoms with E-state index >= 15 is 0 Å². The van der Waals surface area contributed by atoms with Crippen LogP contribution in [-0.2, 0) is 19.1 Å². The highest BCUT2D eigenvalue weighted by Crippen LogP contribution is 2.30. The van der Waals surface area contributed by atoms with E-state index in [2.05, 4.69) is 5.32 Å². The third-order valence-electron chi connectivity index (χ3n) is 4.22. The fourth-order valence-electron chi connectivity index (χ4n) is 3.23. The van der Waals surface area contributed by atoms with Crippen molar-refractivity contribution in [3.63, 3.8) is 0 Å². The Morgan fingerprint density at radius 2 is 1.88 bits per heavy atom. The highest BCUT2D eigenvalue weighted by molar-refractivity contribution is 5.94. The Labute approximate surface area is 140 Å². The van der Waals surface area contributed by atoms with Crippen LogP contribution >= 0.6 is 0 Å². The molecule has 0 radical (unpaired) electrons. The second kappa shape index (κ2) is 6.78. The summed E-state index contributed by atoms with van der Waals surface area (Å²) in [5.41, 5.74) is -0.738. The Bertz CT molecular complexity index is 553. The van der Waals surface area contributed by atoms with E-state index in [1.807, 2.05) is 0 Å². The van der Waals surface area contributed by atoms with Crippen molar-refractivity contribution < 1.29 is 29.0 Å². The maximum Gasteiger partial charge on any atom is 0.408 e. The fraction of sp³-hybridized carbons (Fsp3) is 0.750. The molecule has 2 amide bonds. The third kappa shape index (κ3) is 4.24. The summed E-state index contributed by atoms with van der Waals surface area (Å²) in [4.78, 5) is 49.5. The normalized spacial score (nSPS) is 28.0. The van der Waals surface area contributed by atoms with Crippen molar-refractivity contribution >= 4 is 23.8 Å². The number of carbonyl (C=O) groups is 4. The van der Waals surface area contributed by atoms with Gasteiger partial charge >= 0.3 is 12.1 Å². The average Bonchev–Trinajstić information content (AvgIpc) is 2.84. The molecule has 2 N–H and O–H groups in total. The van der Waals surface area contributed by atoms with E-state index in [1.165, 1.54) is 4.90 Å². The number of amides is 2. The van der Waals surface area contributed by atoms with E-state index in [-0.39, 0.29) is 24.7 Å². The summed E-state index contributed by atoms with van der Waals surface area (Å²) in [7, 11) is 0. The highest BCUT2D eigenvalue weighted by Gasteiger charge is 2.45. The molecule has 2 aliphatic heterocycles. The molecule has 24 heavy (non-hydrogen) atoms. The summed E-state index contributed by atoms with van der Waals surface area (Å²) in [6, 6.07) is -2.26. The van der Waals surface area contributed by atoms with Crippen molar-refractivity contribution in [2.24, 2.45) is 0 Å². The quantitative estimate of drug-likeness (QED) is 0.777. The van der Waals surface area contributed by atoms with Crippen LogP contribution in [0.2, 0.25) is 0 Å². The zero-order valence-corrected chi connectivity index (χ0v) is 14.2. The smallest absolute Gasteiger partial charge is 0.408 e. The lowest BCUT2D eigenvalue weighted by Crippen LogP contribution is -2.56. The number of fused-ring (bicyclic) bond motifs is 1. The number of ether oxygens (including phenoxy) is 1. The lowest BCUT2D eigenvalue weighted by Gasteiger charge is -2.34. The van der Waals surface area contributed by atoms with Crippen LogP contribution in [0.15, 0.2) is 0 Å². The Morgan fingerprint density at radius 1 is 1.21 bits per heavy atom. The van der Waals surface area contributed by atoms with Gasteiger partial charge in [-0.1, -0.05) is 0 Å². The monoisotopic (exact) mass is 340 g/mol. The van der Waals surface area contributed by atoms with Crippen LogP contribution in [0.25, 0.3) is 0 Å². The molecule has 0 spiro atoms. The molecule has 2 fully saturated rings. The molecular formula is C16H24N2O6. The van der Waals surface area contributed by atoms with Crippen LogP contribution < -0.4 is 5.32 Å². The van der Waals surface area contributed by atoms with Crippen molar-refractivity contribution in [1.29, 1.82) is 0 Å². The Balaban J connectivity index is 2.18. The number of carboxylic acid groups (broad SMARTS) is 1. The minimum atomic E-state index is -1.09. The largest absolute Gasteiger partial charge is 0.480 e. The number of rotatable bonds is 2. The van der Waals surface area contributed by atoms with Gasteiger partial charge < -0.3 is 20.1 Å². The molecule has 2 heterocycles. The van der Waals surface area contributed by atoms with Crippen LogP contribution in [0, 0.1) is 0 Å². The number of ketones is 1. The predicted octanol–water partition coefficient (Wildman–Crippen LogP) is 1.08. The second-order valence-electron chi connectivity index (χ2n) is 7.31. The maximum absolute atomic E-state index is 12.8. The lowest BCUT2D eigenvalue weighted by molar-refractivity contribution is -0.151. The van der Waals surface area contributed by atoms with Crippen LogP contribution in [0.4, 0.5) is 4.79 Å². The molecule has 0 unspecified atom stereocenters. The Hall–Kier alpha value is -2.12. The van der Waals surface area contributed by atoms with E-state index in [4.69, 9.17) is 4.74 Å². The number of nitrogens with one attached hydrogen (secondary N) is 1. The first-order chi connectivity index (χ1) is 11.1. The molecule has 0 bridgehead atoms. The van der Waals surface area contributed by atoms with E-state index in [0.717, 1.165) is 0 Å².